The molecule has 1 fully saturated rings. The van der Waals surface area contributed by atoms with Gasteiger partial charge in [-0.3, -0.25) is 4.79 Å². The minimum atomic E-state index is -0.109. The lowest BCUT2D eigenvalue weighted by Gasteiger charge is -2.19. The number of carbonyl (C=O) groups excluding carboxylic acids is 1. The number of guanidine groups is 1. The predicted octanol–water partition coefficient (Wildman–Crippen LogP) is 1.80. The predicted molar refractivity (Wildman–Crippen MR) is 104 cm³/mol. The maximum Gasteiger partial charge on any atom is 0.241 e. The Balaban J connectivity index is 1.88. The van der Waals surface area contributed by atoms with Crippen LogP contribution in [-0.2, 0) is 14.9 Å². The molecule has 1 amide bonds. The standard InChI is InChI=1S/C18H27BrN4O2/c1-3-20-17(22-12-16(24)21-9-10-25-2)23-13-18(7-8-18)14-5-4-6-15(19)11-14/h4-6,11H,3,7-10,12-13H2,1-2H3,(H,21,24)(H2,20,22,23). The largest absolute Gasteiger partial charge is 0.383 e. The Bertz CT molecular complexity index is 602. The van der Waals surface area contributed by atoms with E-state index in [1.54, 1.807) is 7.11 Å². The smallest absolute Gasteiger partial charge is 0.241 e. The van der Waals surface area contributed by atoms with Gasteiger partial charge in [-0.1, -0.05) is 28.1 Å². The summed E-state index contributed by atoms with van der Waals surface area (Å²) in [5.41, 5.74) is 1.50. The van der Waals surface area contributed by atoms with Crippen LogP contribution in [0.25, 0.3) is 0 Å². The van der Waals surface area contributed by atoms with Crippen molar-refractivity contribution in [2.24, 2.45) is 4.99 Å². The fourth-order valence-corrected chi connectivity index (χ4v) is 3.03. The molecule has 0 radical (unpaired) electrons. The fourth-order valence-electron chi connectivity index (χ4n) is 2.63. The molecule has 0 unspecified atom stereocenters. The van der Waals surface area contributed by atoms with E-state index in [0.29, 0.717) is 19.1 Å². The van der Waals surface area contributed by atoms with Crippen LogP contribution in [0.3, 0.4) is 0 Å². The third-order valence-corrected chi connectivity index (χ3v) is 4.73. The summed E-state index contributed by atoms with van der Waals surface area (Å²) in [5, 5.41) is 9.34. The third kappa shape index (κ3) is 6.32. The maximum atomic E-state index is 11.8. The zero-order valence-electron chi connectivity index (χ0n) is 14.9. The van der Waals surface area contributed by atoms with E-state index in [1.807, 2.05) is 13.0 Å². The summed E-state index contributed by atoms with van der Waals surface area (Å²) in [6.07, 6.45) is 2.32. The van der Waals surface area contributed by atoms with Gasteiger partial charge in [0.05, 0.1) is 6.61 Å². The number of benzene rings is 1. The fraction of sp³-hybridized carbons (Fsp3) is 0.556. The van der Waals surface area contributed by atoms with Crippen LogP contribution in [0.4, 0.5) is 0 Å². The van der Waals surface area contributed by atoms with Crippen LogP contribution in [-0.4, -0.2) is 51.8 Å². The van der Waals surface area contributed by atoms with E-state index < -0.39 is 0 Å². The molecule has 2 rings (SSSR count). The van der Waals surface area contributed by atoms with Gasteiger partial charge in [-0.05, 0) is 37.5 Å². The second-order valence-corrected chi connectivity index (χ2v) is 7.10. The van der Waals surface area contributed by atoms with Gasteiger partial charge in [0.1, 0.15) is 6.54 Å². The minimum Gasteiger partial charge on any atom is -0.383 e. The summed E-state index contributed by atoms with van der Waals surface area (Å²) in [5.74, 6) is 0.563. The van der Waals surface area contributed by atoms with Gasteiger partial charge in [0.2, 0.25) is 5.91 Å². The summed E-state index contributed by atoms with van der Waals surface area (Å²) in [6, 6.07) is 8.47. The molecule has 0 heterocycles. The van der Waals surface area contributed by atoms with Crippen LogP contribution in [0.1, 0.15) is 25.3 Å². The molecule has 3 N–H and O–H groups in total. The molecule has 6 nitrogen and oxygen atoms in total. The molecule has 0 saturated heterocycles. The van der Waals surface area contributed by atoms with Crippen molar-refractivity contribution >= 4 is 27.8 Å². The van der Waals surface area contributed by atoms with Gasteiger partial charge in [0, 0.05) is 36.6 Å². The highest BCUT2D eigenvalue weighted by molar-refractivity contribution is 9.10. The number of nitrogens with one attached hydrogen (secondary N) is 3. The van der Waals surface area contributed by atoms with Gasteiger partial charge in [-0.2, -0.15) is 0 Å². The first-order valence-electron chi connectivity index (χ1n) is 8.63. The molecule has 0 aliphatic heterocycles. The van der Waals surface area contributed by atoms with E-state index in [-0.39, 0.29) is 17.9 Å². The molecule has 0 atom stereocenters. The monoisotopic (exact) mass is 410 g/mol. The van der Waals surface area contributed by atoms with Crippen molar-refractivity contribution in [1.82, 2.24) is 16.0 Å². The quantitative estimate of drug-likeness (QED) is 0.329. The summed E-state index contributed by atoms with van der Waals surface area (Å²) in [7, 11) is 1.61. The lowest BCUT2D eigenvalue weighted by molar-refractivity contribution is -0.119. The highest BCUT2D eigenvalue weighted by Gasteiger charge is 2.44. The van der Waals surface area contributed by atoms with E-state index in [1.165, 1.54) is 5.56 Å². The summed E-state index contributed by atoms with van der Waals surface area (Å²) >= 11 is 3.54. The maximum absolute atomic E-state index is 11.8. The first kappa shape index (κ1) is 19.7. The van der Waals surface area contributed by atoms with Gasteiger partial charge in [0.15, 0.2) is 5.96 Å². The Kier molecular flexibility index (Phi) is 7.71. The van der Waals surface area contributed by atoms with Crippen LogP contribution < -0.4 is 16.0 Å². The van der Waals surface area contributed by atoms with E-state index in [0.717, 1.165) is 30.4 Å². The molecule has 138 valence electrons. The van der Waals surface area contributed by atoms with E-state index in [4.69, 9.17) is 4.74 Å². The Hall–Kier alpha value is -1.60. The Morgan fingerprint density at radius 3 is 2.76 bits per heavy atom. The lowest BCUT2D eigenvalue weighted by atomic mass is 9.96. The van der Waals surface area contributed by atoms with E-state index in [2.05, 4.69) is 55.1 Å². The van der Waals surface area contributed by atoms with Crippen molar-refractivity contribution in [3.05, 3.63) is 34.3 Å². The van der Waals surface area contributed by atoms with Gasteiger partial charge in [0.25, 0.3) is 0 Å². The van der Waals surface area contributed by atoms with Crippen LogP contribution in [0, 0.1) is 0 Å². The molecular formula is C18H27BrN4O2. The number of methoxy groups -OCH3 is 1. The second-order valence-electron chi connectivity index (χ2n) is 6.18. The molecule has 1 aromatic carbocycles. The van der Waals surface area contributed by atoms with Crippen molar-refractivity contribution in [1.29, 1.82) is 0 Å². The molecule has 1 aromatic rings. The normalized spacial score (nSPS) is 15.6. The van der Waals surface area contributed by atoms with Crippen LogP contribution in [0.15, 0.2) is 33.7 Å². The minimum absolute atomic E-state index is 0.100. The van der Waals surface area contributed by atoms with Crippen LogP contribution >= 0.6 is 15.9 Å². The zero-order valence-corrected chi connectivity index (χ0v) is 16.5. The van der Waals surface area contributed by atoms with Gasteiger partial charge >= 0.3 is 0 Å². The van der Waals surface area contributed by atoms with Crippen molar-refractivity contribution in [2.45, 2.75) is 25.2 Å². The first-order chi connectivity index (χ1) is 12.1. The van der Waals surface area contributed by atoms with E-state index in [9.17, 15) is 4.79 Å². The number of hydrogen-bond donors (Lipinski definition) is 3. The summed E-state index contributed by atoms with van der Waals surface area (Å²) < 4.78 is 6.01. The molecule has 0 bridgehead atoms. The molecular weight excluding hydrogens is 384 g/mol. The number of rotatable bonds is 9. The number of halogens is 1. The number of carbonyl (C=O) groups is 1. The summed E-state index contributed by atoms with van der Waals surface area (Å²) in [4.78, 5) is 16.1. The Labute approximate surface area is 157 Å². The Morgan fingerprint density at radius 2 is 2.12 bits per heavy atom. The molecule has 25 heavy (non-hydrogen) atoms. The average Bonchev–Trinajstić information content (AvgIpc) is 3.39. The topological polar surface area (TPSA) is 74.8 Å². The number of aliphatic imine (C=N–C) groups is 1. The van der Waals surface area contributed by atoms with Crippen molar-refractivity contribution < 1.29 is 9.53 Å². The second kappa shape index (κ2) is 9.77. The van der Waals surface area contributed by atoms with E-state index >= 15 is 0 Å². The summed E-state index contributed by atoms with van der Waals surface area (Å²) in [6.45, 7) is 4.67. The van der Waals surface area contributed by atoms with Crippen LogP contribution in [0.2, 0.25) is 0 Å². The average molecular weight is 411 g/mol. The first-order valence-corrected chi connectivity index (χ1v) is 9.43. The SMILES string of the molecule is CCNC(=NCC(=O)NCCOC)NCC1(c2cccc(Br)c2)CC1. The molecule has 7 heteroatoms. The molecule has 0 aromatic heterocycles. The van der Waals surface area contributed by atoms with Crippen molar-refractivity contribution in [3.8, 4) is 0 Å². The number of hydrogen-bond acceptors (Lipinski definition) is 3. The zero-order chi connectivity index (χ0) is 18.1. The number of ether oxygens (including phenoxy) is 1. The highest BCUT2D eigenvalue weighted by Crippen LogP contribution is 2.48. The molecule has 0 spiro atoms. The number of nitrogens with zero attached hydrogens (tertiary/aromatic N) is 1. The molecule has 1 aliphatic rings. The van der Waals surface area contributed by atoms with Gasteiger partial charge in [-0.25, -0.2) is 4.99 Å². The molecule has 1 saturated carbocycles. The highest BCUT2D eigenvalue weighted by atomic mass is 79.9. The lowest BCUT2D eigenvalue weighted by Crippen LogP contribution is -2.42. The molecule has 1 aliphatic carbocycles. The van der Waals surface area contributed by atoms with Crippen LogP contribution in [0.5, 0.6) is 0 Å². The van der Waals surface area contributed by atoms with Gasteiger partial charge in [-0.15, -0.1) is 0 Å². The Morgan fingerprint density at radius 1 is 1.32 bits per heavy atom. The van der Waals surface area contributed by atoms with Gasteiger partial charge < -0.3 is 20.7 Å². The number of amides is 1. The van der Waals surface area contributed by atoms with Crippen molar-refractivity contribution in [2.75, 3.05) is 39.9 Å². The third-order valence-electron chi connectivity index (χ3n) is 4.24. The van der Waals surface area contributed by atoms with Crippen molar-refractivity contribution in [3.63, 3.8) is 0 Å².